The van der Waals surface area contributed by atoms with E-state index >= 15 is 0 Å². The van der Waals surface area contributed by atoms with Gasteiger partial charge in [-0.25, -0.2) is 9.59 Å². The molecular formula is C26H22ClNO4. The molecule has 3 aromatic carbocycles. The third kappa shape index (κ3) is 4.53. The number of nitrogens with one attached hydrogen (secondary N) is 1. The Bertz CT molecular complexity index is 1140. The first-order valence-electron chi connectivity index (χ1n) is 10.2. The first-order valence-corrected chi connectivity index (χ1v) is 10.6. The number of rotatable bonds is 6. The molecule has 0 unspecified atom stereocenters. The van der Waals surface area contributed by atoms with Crippen molar-refractivity contribution in [3.05, 3.63) is 100 Å². The Morgan fingerprint density at radius 3 is 2.28 bits per heavy atom. The SMILES string of the molecule is COC(=O)c1ccc(C=CCNC(=O)OCC2c3ccccc3-c3ccccc32)cc1Cl. The predicted molar refractivity (Wildman–Crippen MR) is 125 cm³/mol. The summed E-state index contributed by atoms with van der Waals surface area (Å²) in [6.07, 6.45) is 3.11. The van der Waals surface area contributed by atoms with E-state index in [0.717, 1.165) is 5.56 Å². The van der Waals surface area contributed by atoms with Gasteiger partial charge < -0.3 is 14.8 Å². The van der Waals surface area contributed by atoms with E-state index in [1.165, 1.54) is 29.4 Å². The van der Waals surface area contributed by atoms with Crippen LogP contribution in [0.1, 0.15) is 33.0 Å². The van der Waals surface area contributed by atoms with E-state index in [-0.39, 0.29) is 12.5 Å². The number of amides is 1. The van der Waals surface area contributed by atoms with Gasteiger partial charge in [-0.15, -0.1) is 0 Å². The maximum atomic E-state index is 12.2. The standard InChI is InChI=1S/C26H22ClNO4/c1-31-25(29)22-13-12-17(15-24(22)27)7-6-14-28-26(30)32-16-23-20-10-4-2-8-18(20)19-9-3-5-11-21(19)23/h2-13,15,23H,14,16H2,1H3,(H,28,30). The molecule has 32 heavy (non-hydrogen) atoms. The lowest BCUT2D eigenvalue weighted by molar-refractivity contribution is 0.0601. The van der Waals surface area contributed by atoms with E-state index in [1.54, 1.807) is 30.4 Å². The molecule has 0 saturated heterocycles. The number of hydrogen-bond donors (Lipinski definition) is 1. The molecule has 1 aliphatic rings. The molecule has 1 N–H and O–H groups in total. The van der Waals surface area contributed by atoms with Gasteiger partial charge in [0.1, 0.15) is 6.61 Å². The van der Waals surface area contributed by atoms with Gasteiger partial charge in [-0.1, -0.05) is 78.4 Å². The van der Waals surface area contributed by atoms with E-state index < -0.39 is 12.1 Å². The molecule has 0 atom stereocenters. The Morgan fingerprint density at radius 1 is 1.00 bits per heavy atom. The van der Waals surface area contributed by atoms with Gasteiger partial charge in [-0.3, -0.25) is 0 Å². The molecule has 0 fully saturated rings. The molecule has 1 aliphatic carbocycles. The van der Waals surface area contributed by atoms with Crippen molar-refractivity contribution >= 4 is 29.7 Å². The summed E-state index contributed by atoms with van der Waals surface area (Å²) < 4.78 is 10.2. The molecule has 162 valence electrons. The molecule has 1 amide bonds. The summed E-state index contributed by atoms with van der Waals surface area (Å²) in [5.74, 6) is -0.457. The van der Waals surface area contributed by atoms with Gasteiger partial charge in [0.05, 0.1) is 17.7 Å². The Hall–Kier alpha value is -3.57. The molecule has 0 heterocycles. The molecule has 3 aromatic rings. The Morgan fingerprint density at radius 2 is 1.66 bits per heavy atom. The topological polar surface area (TPSA) is 64.6 Å². The van der Waals surface area contributed by atoms with E-state index in [0.29, 0.717) is 17.1 Å². The first-order chi connectivity index (χ1) is 15.6. The van der Waals surface area contributed by atoms with Crippen molar-refractivity contribution in [2.45, 2.75) is 5.92 Å². The highest BCUT2D eigenvalue weighted by molar-refractivity contribution is 6.33. The summed E-state index contributed by atoms with van der Waals surface area (Å²) in [5, 5.41) is 3.03. The summed E-state index contributed by atoms with van der Waals surface area (Å²) >= 11 is 6.12. The minimum Gasteiger partial charge on any atom is -0.465 e. The van der Waals surface area contributed by atoms with Crippen molar-refractivity contribution in [3.63, 3.8) is 0 Å². The minimum atomic E-state index is -0.484. The average Bonchev–Trinajstić information content (AvgIpc) is 3.14. The summed E-state index contributed by atoms with van der Waals surface area (Å²) in [6, 6.07) is 21.4. The lowest BCUT2D eigenvalue weighted by Gasteiger charge is -2.14. The maximum absolute atomic E-state index is 12.2. The predicted octanol–water partition coefficient (Wildman–Crippen LogP) is 5.68. The van der Waals surface area contributed by atoms with Gasteiger partial charge in [-0.2, -0.15) is 0 Å². The van der Waals surface area contributed by atoms with E-state index in [2.05, 4.69) is 34.3 Å². The molecule has 5 nitrogen and oxygen atoms in total. The number of carbonyl (C=O) groups excluding carboxylic acids is 2. The summed E-state index contributed by atoms with van der Waals surface area (Å²) in [7, 11) is 1.31. The van der Waals surface area contributed by atoms with Crippen LogP contribution in [0, 0.1) is 0 Å². The molecule has 0 radical (unpaired) electrons. The van der Waals surface area contributed by atoms with Crippen LogP contribution in [0.4, 0.5) is 4.79 Å². The molecule has 0 spiro atoms. The summed E-state index contributed by atoms with van der Waals surface area (Å²) in [5.41, 5.74) is 5.84. The Labute approximate surface area is 191 Å². The van der Waals surface area contributed by atoms with Crippen LogP contribution in [0.25, 0.3) is 17.2 Å². The lowest BCUT2D eigenvalue weighted by Crippen LogP contribution is -2.26. The molecule has 0 saturated carbocycles. The third-order valence-corrected chi connectivity index (χ3v) is 5.73. The van der Waals surface area contributed by atoms with Gasteiger partial charge in [0.25, 0.3) is 0 Å². The smallest absolute Gasteiger partial charge is 0.407 e. The van der Waals surface area contributed by atoms with Crippen LogP contribution in [-0.4, -0.2) is 32.3 Å². The highest BCUT2D eigenvalue weighted by Gasteiger charge is 2.28. The van der Waals surface area contributed by atoms with Crippen LogP contribution in [0.2, 0.25) is 5.02 Å². The normalized spacial score (nSPS) is 12.3. The van der Waals surface area contributed by atoms with Crippen molar-refractivity contribution in [2.75, 3.05) is 20.3 Å². The average molecular weight is 448 g/mol. The van der Waals surface area contributed by atoms with Crippen molar-refractivity contribution in [1.29, 1.82) is 0 Å². The van der Waals surface area contributed by atoms with Gasteiger partial charge >= 0.3 is 12.1 Å². The van der Waals surface area contributed by atoms with Crippen LogP contribution in [0.5, 0.6) is 0 Å². The van der Waals surface area contributed by atoms with Gasteiger partial charge in [0.15, 0.2) is 0 Å². The number of fused-ring (bicyclic) bond motifs is 3. The Kier molecular flexibility index (Phi) is 6.57. The van der Waals surface area contributed by atoms with Gasteiger partial charge in [0.2, 0.25) is 0 Å². The number of ether oxygens (including phenoxy) is 2. The zero-order chi connectivity index (χ0) is 22.5. The second-order valence-corrected chi connectivity index (χ2v) is 7.75. The fraction of sp³-hybridized carbons (Fsp3) is 0.154. The fourth-order valence-electron chi connectivity index (χ4n) is 3.90. The number of halogens is 1. The number of benzene rings is 3. The second-order valence-electron chi connectivity index (χ2n) is 7.34. The molecule has 0 aliphatic heterocycles. The number of methoxy groups -OCH3 is 1. The van der Waals surface area contributed by atoms with Crippen molar-refractivity contribution in [2.24, 2.45) is 0 Å². The van der Waals surface area contributed by atoms with Crippen LogP contribution in [-0.2, 0) is 9.47 Å². The number of esters is 1. The van der Waals surface area contributed by atoms with E-state index in [9.17, 15) is 9.59 Å². The molecule has 4 rings (SSSR count). The zero-order valence-corrected chi connectivity index (χ0v) is 18.3. The number of carbonyl (C=O) groups is 2. The quantitative estimate of drug-likeness (QED) is 0.494. The fourth-order valence-corrected chi connectivity index (χ4v) is 4.16. The van der Waals surface area contributed by atoms with Crippen molar-refractivity contribution < 1.29 is 19.1 Å². The number of hydrogen-bond acceptors (Lipinski definition) is 4. The van der Waals surface area contributed by atoms with Crippen molar-refractivity contribution in [1.82, 2.24) is 5.32 Å². The monoisotopic (exact) mass is 447 g/mol. The minimum absolute atomic E-state index is 0.0270. The van der Waals surface area contributed by atoms with Gasteiger partial charge in [0, 0.05) is 12.5 Å². The summed E-state index contributed by atoms with van der Waals surface area (Å²) in [4.78, 5) is 23.8. The van der Waals surface area contributed by atoms with Crippen molar-refractivity contribution in [3.8, 4) is 11.1 Å². The Balaban J connectivity index is 1.31. The maximum Gasteiger partial charge on any atom is 0.407 e. The third-order valence-electron chi connectivity index (χ3n) is 5.42. The second kappa shape index (κ2) is 9.71. The van der Waals surface area contributed by atoms with Gasteiger partial charge in [-0.05, 0) is 39.9 Å². The van der Waals surface area contributed by atoms with Crippen LogP contribution < -0.4 is 5.32 Å². The molecular weight excluding hydrogens is 426 g/mol. The molecule has 0 bridgehead atoms. The highest BCUT2D eigenvalue weighted by atomic mass is 35.5. The van der Waals surface area contributed by atoms with Crippen LogP contribution in [0.15, 0.2) is 72.8 Å². The van der Waals surface area contributed by atoms with E-state index in [1.807, 2.05) is 24.3 Å². The lowest BCUT2D eigenvalue weighted by atomic mass is 9.98. The van der Waals surface area contributed by atoms with Crippen LogP contribution in [0.3, 0.4) is 0 Å². The van der Waals surface area contributed by atoms with E-state index in [4.69, 9.17) is 16.3 Å². The summed E-state index contributed by atoms with van der Waals surface area (Å²) in [6.45, 7) is 0.571. The zero-order valence-electron chi connectivity index (χ0n) is 17.5. The molecule has 0 aromatic heterocycles. The first kappa shape index (κ1) is 21.7. The van der Waals surface area contributed by atoms with Crippen LogP contribution >= 0.6 is 11.6 Å². The highest BCUT2D eigenvalue weighted by Crippen LogP contribution is 2.44. The number of alkyl carbamates (subject to hydrolysis) is 1. The molecule has 6 heteroatoms. The largest absolute Gasteiger partial charge is 0.465 e.